The minimum absolute atomic E-state index is 0.0386. The van der Waals surface area contributed by atoms with Gasteiger partial charge in [0.15, 0.2) is 6.61 Å². The van der Waals surface area contributed by atoms with Gasteiger partial charge in [-0.05, 0) is 24.6 Å². The van der Waals surface area contributed by atoms with Crippen LogP contribution >= 0.6 is 11.6 Å². The number of unbranched alkanes of at least 4 members (excludes halogenated alkanes) is 1. The molecule has 1 aliphatic heterocycles. The number of amides is 1. The van der Waals surface area contributed by atoms with Gasteiger partial charge in [-0.3, -0.25) is 4.79 Å². The molecule has 25 heavy (non-hydrogen) atoms. The molecule has 9 heteroatoms. The summed E-state index contributed by atoms with van der Waals surface area (Å²) in [5.74, 6) is -0.181. The van der Waals surface area contributed by atoms with Crippen molar-refractivity contribution in [2.45, 2.75) is 24.7 Å². The third kappa shape index (κ3) is 5.57. The van der Waals surface area contributed by atoms with Gasteiger partial charge in [0.25, 0.3) is 5.91 Å². The lowest BCUT2D eigenvalue weighted by atomic mass is 10.3. The number of ether oxygens (including phenoxy) is 2. The van der Waals surface area contributed by atoms with E-state index >= 15 is 0 Å². The molecule has 2 rings (SSSR count). The number of carbonyl (C=O) groups is 1. The summed E-state index contributed by atoms with van der Waals surface area (Å²) in [6.45, 7) is 3.57. The highest BCUT2D eigenvalue weighted by molar-refractivity contribution is 7.89. The van der Waals surface area contributed by atoms with Crippen LogP contribution in [-0.2, 0) is 19.6 Å². The molecule has 140 valence electrons. The average molecular weight is 391 g/mol. The van der Waals surface area contributed by atoms with Gasteiger partial charge in [0.05, 0.1) is 13.2 Å². The van der Waals surface area contributed by atoms with Gasteiger partial charge >= 0.3 is 0 Å². The van der Waals surface area contributed by atoms with Crippen LogP contribution in [0.5, 0.6) is 5.75 Å². The van der Waals surface area contributed by atoms with Gasteiger partial charge in [-0.2, -0.15) is 4.31 Å². The maximum absolute atomic E-state index is 12.8. The van der Waals surface area contributed by atoms with Crippen molar-refractivity contribution in [2.24, 2.45) is 0 Å². The van der Waals surface area contributed by atoms with Crippen LogP contribution in [0.3, 0.4) is 0 Å². The number of carbonyl (C=O) groups excluding carboxylic acids is 1. The molecule has 0 bridgehead atoms. The number of nitrogens with one attached hydrogen (secondary N) is 1. The van der Waals surface area contributed by atoms with E-state index in [1.165, 1.54) is 22.5 Å². The number of hydrogen-bond donors (Lipinski definition) is 1. The van der Waals surface area contributed by atoms with Crippen LogP contribution < -0.4 is 10.1 Å². The fourth-order valence-electron chi connectivity index (χ4n) is 2.33. The Morgan fingerprint density at radius 1 is 1.36 bits per heavy atom. The van der Waals surface area contributed by atoms with Gasteiger partial charge in [0.1, 0.15) is 10.6 Å². The number of rotatable bonds is 8. The van der Waals surface area contributed by atoms with Gasteiger partial charge in [0.2, 0.25) is 10.0 Å². The normalized spacial score (nSPS) is 15.8. The highest BCUT2D eigenvalue weighted by atomic mass is 35.5. The summed E-state index contributed by atoms with van der Waals surface area (Å²) in [5, 5.41) is 3.00. The van der Waals surface area contributed by atoms with Gasteiger partial charge in [-0.15, -0.1) is 0 Å². The molecule has 0 spiro atoms. The van der Waals surface area contributed by atoms with E-state index in [0.29, 0.717) is 19.8 Å². The second kappa shape index (κ2) is 9.38. The monoisotopic (exact) mass is 390 g/mol. The first kappa shape index (κ1) is 20.0. The van der Waals surface area contributed by atoms with Crippen molar-refractivity contribution in [1.82, 2.24) is 9.62 Å². The molecule has 0 aromatic heterocycles. The van der Waals surface area contributed by atoms with E-state index in [-0.39, 0.29) is 41.3 Å². The van der Waals surface area contributed by atoms with E-state index in [4.69, 9.17) is 21.1 Å². The van der Waals surface area contributed by atoms with Crippen molar-refractivity contribution in [3.05, 3.63) is 23.2 Å². The molecule has 1 amide bonds. The van der Waals surface area contributed by atoms with Gasteiger partial charge < -0.3 is 14.8 Å². The van der Waals surface area contributed by atoms with Crippen molar-refractivity contribution >= 4 is 27.5 Å². The van der Waals surface area contributed by atoms with Crippen molar-refractivity contribution < 1.29 is 22.7 Å². The molecule has 1 saturated heterocycles. The zero-order valence-corrected chi connectivity index (χ0v) is 15.7. The summed E-state index contributed by atoms with van der Waals surface area (Å²) < 4.78 is 37.7. The first-order valence-electron chi connectivity index (χ1n) is 8.22. The van der Waals surface area contributed by atoms with E-state index < -0.39 is 10.0 Å². The molecule has 7 nitrogen and oxygen atoms in total. The topological polar surface area (TPSA) is 84.9 Å². The lowest BCUT2D eigenvalue weighted by Crippen LogP contribution is -2.40. The third-order valence-electron chi connectivity index (χ3n) is 3.70. The maximum atomic E-state index is 12.8. The number of halogens is 1. The van der Waals surface area contributed by atoms with E-state index in [0.717, 1.165) is 12.8 Å². The Bertz CT molecular complexity index is 690. The van der Waals surface area contributed by atoms with E-state index in [1.807, 2.05) is 6.92 Å². The summed E-state index contributed by atoms with van der Waals surface area (Å²) in [5.41, 5.74) is 0. The number of sulfonamides is 1. The van der Waals surface area contributed by atoms with E-state index in [9.17, 15) is 13.2 Å². The highest BCUT2D eigenvalue weighted by Crippen LogP contribution is 2.30. The summed E-state index contributed by atoms with van der Waals surface area (Å²) in [4.78, 5) is 11.7. The first-order chi connectivity index (χ1) is 11.9. The maximum Gasteiger partial charge on any atom is 0.257 e. The van der Waals surface area contributed by atoms with Gasteiger partial charge in [-0.1, -0.05) is 24.9 Å². The molecular formula is C16H23ClN2O5S. The second-order valence-corrected chi connectivity index (χ2v) is 7.94. The smallest absolute Gasteiger partial charge is 0.257 e. The zero-order valence-electron chi connectivity index (χ0n) is 14.2. The fraction of sp³-hybridized carbons (Fsp3) is 0.562. The van der Waals surface area contributed by atoms with Crippen LogP contribution in [0.15, 0.2) is 23.1 Å². The third-order valence-corrected chi connectivity index (χ3v) is 5.86. The van der Waals surface area contributed by atoms with Crippen LogP contribution in [0.1, 0.15) is 19.8 Å². The van der Waals surface area contributed by atoms with Crippen LogP contribution in [-0.4, -0.2) is 58.1 Å². The van der Waals surface area contributed by atoms with E-state index in [2.05, 4.69) is 5.32 Å². The van der Waals surface area contributed by atoms with Gasteiger partial charge in [0, 0.05) is 24.7 Å². The SMILES string of the molecule is CCCCNC(=O)COc1ccc(Cl)cc1S(=O)(=O)N1CCOCC1. The Kier molecular flexibility index (Phi) is 7.49. The lowest BCUT2D eigenvalue weighted by Gasteiger charge is -2.26. The lowest BCUT2D eigenvalue weighted by molar-refractivity contribution is -0.123. The van der Waals surface area contributed by atoms with Crippen molar-refractivity contribution in [2.75, 3.05) is 39.5 Å². The number of hydrogen-bond acceptors (Lipinski definition) is 5. The summed E-state index contributed by atoms with van der Waals surface area (Å²) in [7, 11) is -3.77. The molecule has 0 aliphatic carbocycles. The second-order valence-electron chi connectivity index (χ2n) is 5.60. The minimum Gasteiger partial charge on any atom is -0.482 e. The van der Waals surface area contributed by atoms with Crippen LogP contribution in [0.4, 0.5) is 0 Å². The molecule has 0 saturated carbocycles. The van der Waals surface area contributed by atoms with Crippen molar-refractivity contribution in [3.8, 4) is 5.75 Å². The molecular weight excluding hydrogens is 368 g/mol. The molecule has 1 aromatic rings. The summed E-state index contributed by atoms with van der Waals surface area (Å²) in [6, 6.07) is 4.34. The molecule has 1 fully saturated rings. The molecule has 1 aromatic carbocycles. The van der Waals surface area contributed by atoms with Crippen molar-refractivity contribution in [1.29, 1.82) is 0 Å². The van der Waals surface area contributed by atoms with Crippen LogP contribution in [0.25, 0.3) is 0 Å². The first-order valence-corrected chi connectivity index (χ1v) is 10.0. The van der Waals surface area contributed by atoms with Crippen LogP contribution in [0.2, 0.25) is 5.02 Å². The predicted molar refractivity (Wildman–Crippen MR) is 94.4 cm³/mol. The Hall–Kier alpha value is -1.35. The minimum atomic E-state index is -3.77. The Morgan fingerprint density at radius 3 is 2.76 bits per heavy atom. The van der Waals surface area contributed by atoms with E-state index in [1.54, 1.807) is 0 Å². The Morgan fingerprint density at radius 2 is 2.08 bits per heavy atom. The molecule has 1 aliphatic rings. The van der Waals surface area contributed by atoms with Crippen LogP contribution in [0, 0.1) is 0 Å². The number of morpholine rings is 1. The largest absolute Gasteiger partial charge is 0.482 e. The highest BCUT2D eigenvalue weighted by Gasteiger charge is 2.29. The average Bonchev–Trinajstić information content (AvgIpc) is 2.61. The summed E-state index contributed by atoms with van der Waals surface area (Å²) in [6.07, 6.45) is 1.85. The predicted octanol–water partition coefficient (Wildman–Crippen LogP) is 1.66. The fourth-order valence-corrected chi connectivity index (χ4v) is 4.13. The number of benzene rings is 1. The molecule has 1 heterocycles. The quantitative estimate of drug-likeness (QED) is 0.682. The van der Waals surface area contributed by atoms with Crippen molar-refractivity contribution in [3.63, 3.8) is 0 Å². The van der Waals surface area contributed by atoms with Gasteiger partial charge in [-0.25, -0.2) is 8.42 Å². The Balaban J connectivity index is 2.12. The Labute approximate surface area is 153 Å². The molecule has 1 N–H and O–H groups in total. The molecule has 0 atom stereocenters. The zero-order chi connectivity index (χ0) is 18.3. The molecule has 0 radical (unpaired) electrons. The standard InChI is InChI=1S/C16H23ClN2O5S/c1-2-3-6-18-16(20)12-24-14-5-4-13(17)11-15(14)25(21,22)19-7-9-23-10-8-19/h4-5,11H,2-3,6-10,12H2,1H3,(H,18,20). The number of nitrogens with zero attached hydrogens (tertiary/aromatic N) is 1. The molecule has 0 unspecified atom stereocenters. The summed E-state index contributed by atoms with van der Waals surface area (Å²) >= 11 is 5.97.